The summed E-state index contributed by atoms with van der Waals surface area (Å²) in [6, 6.07) is 10.5. The molecule has 124 valence electrons. The van der Waals surface area contributed by atoms with Crippen LogP contribution in [0.2, 0.25) is 0 Å². The zero-order chi connectivity index (χ0) is 16.5. The van der Waals surface area contributed by atoms with Crippen LogP contribution in [0.5, 0.6) is 0 Å². The van der Waals surface area contributed by atoms with Crippen LogP contribution in [0.1, 0.15) is 23.7 Å². The van der Waals surface area contributed by atoms with E-state index < -0.39 is 0 Å². The fourth-order valence-electron chi connectivity index (χ4n) is 1.99. The minimum atomic E-state index is 0.461. The Morgan fingerprint density at radius 1 is 1.30 bits per heavy atom. The largest absolute Gasteiger partial charge is 0.355 e. The van der Waals surface area contributed by atoms with Crippen LogP contribution in [0.3, 0.4) is 0 Å². The number of nitrogens with zero attached hydrogens (tertiary/aromatic N) is 2. The third-order valence-corrected chi connectivity index (χ3v) is 5.47. The molecule has 2 N–H and O–H groups in total. The predicted molar refractivity (Wildman–Crippen MR) is 101 cm³/mol. The van der Waals surface area contributed by atoms with Crippen molar-refractivity contribution in [1.82, 2.24) is 15.6 Å². The molecule has 6 heteroatoms. The summed E-state index contributed by atoms with van der Waals surface area (Å²) >= 11 is 3.61. The number of thioether (sulfide) groups is 1. The normalized spacial score (nSPS) is 12.9. The van der Waals surface area contributed by atoms with Crippen LogP contribution < -0.4 is 10.6 Å². The smallest absolute Gasteiger partial charge is 0.191 e. The number of rotatable bonds is 7. The van der Waals surface area contributed by atoms with Gasteiger partial charge in [0, 0.05) is 34.8 Å². The number of nitrogens with one attached hydrogen (secondary N) is 2. The van der Waals surface area contributed by atoms with Crippen LogP contribution in [-0.2, 0) is 13.0 Å². The van der Waals surface area contributed by atoms with Gasteiger partial charge in [0.2, 0.25) is 0 Å². The lowest BCUT2D eigenvalue weighted by molar-refractivity contribution is 0.787. The van der Waals surface area contributed by atoms with E-state index in [1.807, 2.05) is 24.0 Å². The Kier molecular flexibility index (Phi) is 7.42. The van der Waals surface area contributed by atoms with Gasteiger partial charge in [0.25, 0.3) is 0 Å². The lowest BCUT2D eigenvalue weighted by atomic mass is 10.4. The molecule has 23 heavy (non-hydrogen) atoms. The average Bonchev–Trinajstić information content (AvgIpc) is 3.04. The van der Waals surface area contributed by atoms with E-state index in [9.17, 15) is 0 Å². The molecule has 0 saturated heterocycles. The number of aromatic nitrogens is 1. The van der Waals surface area contributed by atoms with Gasteiger partial charge in [-0.2, -0.15) is 0 Å². The maximum Gasteiger partial charge on any atom is 0.191 e. The molecule has 0 spiro atoms. The van der Waals surface area contributed by atoms with Gasteiger partial charge in [0.1, 0.15) is 5.01 Å². The van der Waals surface area contributed by atoms with E-state index in [2.05, 4.69) is 58.7 Å². The molecule has 2 aromatic rings. The molecule has 1 aromatic carbocycles. The molecule has 2 rings (SSSR count). The molecule has 0 aliphatic rings. The molecule has 0 aliphatic carbocycles. The number of hydrogen-bond donors (Lipinski definition) is 2. The Morgan fingerprint density at radius 2 is 2.09 bits per heavy atom. The zero-order valence-corrected chi connectivity index (χ0v) is 15.5. The Balaban J connectivity index is 1.74. The monoisotopic (exact) mass is 348 g/mol. The van der Waals surface area contributed by atoms with Crippen molar-refractivity contribution in [3.05, 3.63) is 46.4 Å². The molecule has 0 amide bonds. The van der Waals surface area contributed by atoms with E-state index >= 15 is 0 Å². The lowest BCUT2D eigenvalue weighted by Gasteiger charge is -2.15. The summed E-state index contributed by atoms with van der Waals surface area (Å²) in [7, 11) is 1.80. The van der Waals surface area contributed by atoms with Crippen molar-refractivity contribution in [3.63, 3.8) is 0 Å². The van der Waals surface area contributed by atoms with Gasteiger partial charge in [-0.25, -0.2) is 4.98 Å². The highest BCUT2D eigenvalue weighted by Gasteiger charge is 2.07. The van der Waals surface area contributed by atoms with E-state index in [0.29, 0.717) is 11.8 Å². The fourth-order valence-corrected chi connectivity index (χ4v) is 3.73. The topological polar surface area (TPSA) is 49.3 Å². The Morgan fingerprint density at radius 3 is 2.74 bits per heavy atom. The van der Waals surface area contributed by atoms with Gasteiger partial charge in [0.15, 0.2) is 5.96 Å². The van der Waals surface area contributed by atoms with Crippen molar-refractivity contribution in [1.29, 1.82) is 0 Å². The maximum atomic E-state index is 4.41. The molecule has 1 heterocycles. The summed E-state index contributed by atoms with van der Waals surface area (Å²) in [5.74, 6) is 0.818. The van der Waals surface area contributed by atoms with Crippen molar-refractivity contribution in [3.8, 4) is 0 Å². The molecule has 0 aliphatic heterocycles. The van der Waals surface area contributed by atoms with Gasteiger partial charge in [-0.3, -0.25) is 4.99 Å². The first-order valence-electron chi connectivity index (χ1n) is 7.81. The summed E-state index contributed by atoms with van der Waals surface area (Å²) in [6.07, 6.45) is 3.00. The van der Waals surface area contributed by atoms with Crippen LogP contribution >= 0.6 is 23.1 Å². The van der Waals surface area contributed by atoms with Crippen LogP contribution in [0, 0.1) is 0 Å². The van der Waals surface area contributed by atoms with Crippen LogP contribution in [0.25, 0.3) is 0 Å². The van der Waals surface area contributed by atoms with Crippen molar-refractivity contribution in [2.45, 2.75) is 37.0 Å². The molecule has 0 radical (unpaired) electrons. The molecule has 0 fully saturated rings. The van der Waals surface area contributed by atoms with Gasteiger partial charge in [-0.15, -0.1) is 23.1 Å². The summed E-state index contributed by atoms with van der Waals surface area (Å²) < 4.78 is 0. The van der Waals surface area contributed by atoms with Gasteiger partial charge >= 0.3 is 0 Å². The number of aryl methyl sites for hydroxylation is 1. The number of thiazole rings is 1. The number of benzene rings is 1. The summed E-state index contributed by atoms with van der Waals surface area (Å²) in [6.45, 7) is 5.94. The molecule has 4 nitrogen and oxygen atoms in total. The molecule has 1 unspecified atom stereocenters. The van der Waals surface area contributed by atoms with Crippen LogP contribution in [0.4, 0.5) is 0 Å². The Hall–Kier alpha value is -1.53. The second kappa shape index (κ2) is 9.57. The fraction of sp³-hybridized carbons (Fsp3) is 0.412. The van der Waals surface area contributed by atoms with Crippen molar-refractivity contribution >= 4 is 29.1 Å². The second-order valence-corrected chi connectivity index (χ2v) is 7.83. The third kappa shape index (κ3) is 6.23. The molecule has 1 atom stereocenters. The van der Waals surface area contributed by atoms with E-state index in [4.69, 9.17) is 0 Å². The van der Waals surface area contributed by atoms with Crippen molar-refractivity contribution in [2.75, 3.05) is 13.6 Å². The molecular weight excluding hydrogens is 324 g/mol. The van der Waals surface area contributed by atoms with Gasteiger partial charge in [-0.05, 0) is 18.6 Å². The standard InChI is InChI=1S/C17H24N4S2/c1-4-14-11-19-16(23-14)12-21-17(18-3)20-10-13(2)22-15-8-6-5-7-9-15/h5-9,11,13H,4,10,12H2,1-3H3,(H2,18,20,21). The number of aliphatic imine (C=N–C) groups is 1. The first-order valence-corrected chi connectivity index (χ1v) is 9.50. The highest BCUT2D eigenvalue weighted by Crippen LogP contribution is 2.21. The molecule has 1 aromatic heterocycles. The summed E-state index contributed by atoms with van der Waals surface area (Å²) in [4.78, 5) is 11.3. The molecular formula is C17H24N4S2. The van der Waals surface area contributed by atoms with Gasteiger partial charge in [0.05, 0.1) is 6.54 Å². The van der Waals surface area contributed by atoms with Crippen molar-refractivity contribution < 1.29 is 0 Å². The van der Waals surface area contributed by atoms with Crippen LogP contribution in [0.15, 0.2) is 46.4 Å². The first kappa shape index (κ1) is 17.8. The predicted octanol–water partition coefficient (Wildman–Crippen LogP) is 3.55. The Labute approximate surface area is 146 Å². The summed E-state index contributed by atoms with van der Waals surface area (Å²) in [5, 5.41) is 8.25. The molecule has 0 bridgehead atoms. The SMILES string of the molecule is CCc1cnc(CNC(=NC)NCC(C)Sc2ccccc2)s1. The highest BCUT2D eigenvalue weighted by molar-refractivity contribution is 8.00. The average molecular weight is 349 g/mol. The molecule has 0 saturated carbocycles. The van der Waals surface area contributed by atoms with E-state index in [1.54, 1.807) is 18.4 Å². The third-order valence-electron chi connectivity index (χ3n) is 3.22. The minimum absolute atomic E-state index is 0.461. The first-order chi connectivity index (χ1) is 11.2. The van der Waals surface area contributed by atoms with Crippen LogP contribution in [-0.4, -0.2) is 29.8 Å². The Bertz CT molecular complexity index is 610. The van der Waals surface area contributed by atoms with Gasteiger partial charge in [-0.1, -0.05) is 32.0 Å². The summed E-state index contributed by atoms with van der Waals surface area (Å²) in [5.41, 5.74) is 0. The van der Waals surface area contributed by atoms with E-state index in [-0.39, 0.29) is 0 Å². The van der Waals surface area contributed by atoms with Crippen molar-refractivity contribution in [2.24, 2.45) is 4.99 Å². The van der Waals surface area contributed by atoms with E-state index in [0.717, 1.165) is 23.9 Å². The quantitative estimate of drug-likeness (QED) is 0.456. The minimum Gasteiger partial charge on any atom is -0.355 e. The second-order valence-electron chi connectivity index (χ2n) is 5.12. The lowest BCUT2D eigenvalue weighted by Crippen LogP contribution is -2.39. The van der Waals surface area contributed by atoms with Gasteiger partial charge < -0.3 is 10.6 Å². The number of hydrogen-bond acceptors (Lipinski definition) is 4. The highest BCUT2D eigenvalue weighted by atomic mass is 32.2. The van der Waals surface area contributed by atoms with E-state index in [1.165, 1.54) is 9.77 Å². The zero-order valence-electron chi connectivity index (χ0n) is 13.9. The number of guanidine groups is 1. The maximum absolute atomic E-state index is 4.41.